The van der Waals surface area contributed by atoms with Gasteiger partial charge in [0.15, 0.2) is 5.65 Å². The lowest BCUT2D eigenvalue weighted by molar-refractivity contribution is -0.121. The molecular weight excluding hydrogens is 463 g/mol. The second kappa shape index (κ2) is 11.1. The van der Waals surface area contributed by atoms with Crippen LogP contribution in [-0.4, -0.2) is 62.5 Å². The molecule has 1 fully saturated rings. The fourth-order valence-electron chi connectivity index (χ4n) is 4.53. The molecule has 1 aliphatic heterocycles. The molecule has 1 saturated heterocycles. The van der Waals surface area contributed by atoms with E-state index < -0.39 is 0 Å². The lowest BCUT2D eigenvalue weighted by atomic mass is 10.2. The van der Waals surface area contributed by atoms with Crippen molar-refractivity contribution in [2.45, 2.75) is 37.4 Å². The van der Waals surface area contributed by atoms with Crippen LogP contribution in [0.4, 0.5) is 4.39 Å². The Labute approximate surface area is 208 Å². The third kappa shape index (κ3) is 5.79. The van der Waals surface area contributed by atoms with Crippen molar-refractivity contribution in [2.75, 3.05) is 31.9 Å². The molecule has 3 heterocycles. The van der Waals surface area contributed by atoms with Gasteiger partial charge in [0.2, 0.25) is 11.1 Å². The molecule has 5 rings (SSSR count). The monoisotopic (exact) mass is 492 g/mol. The zero-order valence-electron chi connectivity index (χ0n) is 19.6. The lowest BCUT2D eigenvalue weighted by Crippen LogP contribution is -2.33. The summed E-state index contributed by atoms with van der Waals surface area (Å²) in [6.45, 7) is 4.51. The van der Waals surface area contributed by atoms with Crippen LogP contribution >= 0.6 is 11.8 Å². The first-order valence-corrected chi connectivity index (χ1v) is 13.1. The maximum absolute atomic E-state index is 13.4. The molecule has 9 heteroatoms. The Bertz CT molecular complexity index is 1300. The zero-order chi connectivity index (χ0) is 24.0. The van der Waals surface area contributed by atoms with Crippen LogP contribution in [-0.2, 0) is 11.3 Å². The van der Waals surface area contributed by atoms with Gasteiger partial charge in [-0.15, -0.1) is 10.2 Å². The van der Waals surface area contributed by atoms with E-state index in [0.717, 1.165) is 59.4 Å². The van der Waals surface area contributed by atoms with Gasteiger partial charge in [-0.1, -0.05) is 42.1 Å². The summed E-state index contributed by atoms with van der Waals surface area (Å²) in [5.41, 5.74) is 3.51. The Balaban J connectivity index is 1.22. The molecule has 35 heavy (non-hydrogen) atoms. The standard InChI is InChI=1S/C26H29FN6OS/c27-20-11-9-19(10-12-20)18-33-22-7-2-1-6-21(22)24-25(33)29-26(31-30-24)35-17-5-8-23(34)28-13-16-32-14-3-4-15-32/h1-2,6-7,9-12H,3-5,8,13-18H2,(H,28,34). The highest BCUT2D eigenvalue weighted by atomic mass is 32.2. The largest absolute Gasteiger partial charge is 0.355 e. The van der Waals surface area contributed by atoms with Crippen LogP contribution < -0.4 is 5.32 Å². The van der Waals surface area contributed by atoms with Gasteiger partial charge in [0.05, 0.1) is 5.52 Å². The summed E-state index contributed by atoms with van der Waals surface area (Å²) in [5.74, 6) is 0.586. The number of rotatable bonds is 10. The average Bonchev–Trinajstić information content (AvgIpc) is 3.50. The minimum atomic E-state index is -0.251. The van der Waals surface area contributed by atoms with Crippen LogP contribution in [0.5, 0.6) is 0 Å². The fraction of sp³-hybridized carbons (Fsp3) is 0.385. The van der Waals surface area contributed by atoms with E-state index in [1.165, 1.54) is 36.7 Å². The summed E-state index contributed by atoms with van der Waals surface area (Å²) in [6.07, 6.45) is 3.77. The van der Waals surface area contributed by atoms with Crippen LogP contribution in [0, 0.1) is 5.82 Å². The van der Waals surface area contributed by atoms with E-state index in [9.17, 15) is 9.18 Å². The van der Waals surface area contributed by atoms with Crippen LogP contribution in [0.15, 0.2) is 53.7 Å². The van der Waals surface area contributed by atoms with E-state index in [1.807, 2.05) is 24.3 Å². The van der Waals surface area contributed by atoms with Gasteiger partial charge in [-0.2, -0.15) is 0 Å². The molecule has 0 unspecified atom stereocenters. The summed E-state index contributed by atoms with van der Waals surface area (Å²) in [7, 11) is 0. The Hall–Kier alpha value is -3.04. The first kappa shape index (κ1) is 23.7. The fourth-order valence-corrected chi connectivity index (χ4v) is 5.25. The number of thioether (sulfide) groups is 1. The summed E-state index contributed by atoms with van der Waals surface area (Å²) in [4.78, 5) is 19.3. The van der Waals surface area contributed by atoms with E-state index in [4.69, 9.17) is 4.98 Å². The average molecular weight is 493 g/mol. The van der Waals surface area contributed by atoms with Gasteiger partial charge in [0, 0.05) is 37.2 Å². The minimum Gasteiger partial charge on any atom is -0.355 e. The Morgan fingerprint density at radius 2 is 1.86 bits per heavy atom. The van der Waals surface area contributed by atoms with Gasteiger partial charge in [0.25, 0.3) is 0 Å². The van der Waals surface area contributed by atoms with Gasteiger partial charge < -0.3 is 14.8 Å². The number of para-hydroxylation sites is 1. The van der Waals surface area contributed by atoms with Crippen LogP contribution in [0.25, 0.3) is 22.1 Å². The first-order chi connectivity index (χ1) is 17.2. The predicted molar refractivity (Wildman–Crippen MR) is 137 cm³/mol. The van der Waals surface area contributed by atoms with Crippen LogP contribution in [0.1, 0.15) is 31.2 Å². The normalized spacial score (nSPS) is 14.2. The smallest absolute Gasteiger partial charge is 0.220 e. The number of nitrogens with one attached hydrogen (secondary N) is 1. The van der Waals surface area contributed by atoms with Gasteiger partial charge >= 0.3 is 0 Å². The topological polar surface area (TPSA) is 75.9 Å². The van der Waals surface area contributed by atoms with E-state index >= 15 is 0 Å². The van der Waals surface area contributed by atoms with Crippen molar-refractivity contribution in [3.63, 3.8) is 0 Å². The number of halogens is 1. The summed E-state index contributed by atoms with van der Waals surface area (Å²) >= 11 is 1.51. The van der Waals surface area contributed by atoms with E-state index in [0.29, 0.717) is 24.7 Å². The van der Waals surface area contributed by atoms with Gasteiger partial charge in [0.1, 0.15) is 11.3 Å². The number of aromatic nitrogens is 4. The van der Waals surface area contributed by atoms with Gasteiger partial charge in [-0.05, 0) is 56.1 Å². The molecule has 0 bridgehead atoms. The molecule has 0 radical (unpaired) electrons. The second-order valence-electron chi connectivity index (χ2n) is 8.85. The molecule has 0 aliphatic carbocycles. The van der Waals surface area contributed by atoms with Crippen molar-refractivity contribution < 1.29 is 9.18 Å². The summed E-state index contributed by atoms with van der Waals surface area (Å²) < 4.78 is 15.5. The number of carbonyl (C=O) groups is 1. The van der Waals surface area contributed by atoms with Crippen molar-refractivity contribution >= 4 is 39.7 Å². The quantitative estimate of drug-likeness (QED) is 0.264. The molecule has 182 valence electrons. The van der Waals surface area contributed by atoms with Crippen molar-refractivity contribution in [1.82, 2.24) is 30.0 Å². The Morgan fingerprint density at radius 1 is 1.06 bits per heavy atom. The molecule has 7 nitrogen and oxygen atoms in total. The van der Waals surface area contributed by atoms with Crippen molar-refractivity contribution in [1.29, 1.82) is 0 Å². The molecule has 0 spiro atoms. The van der Waals surface area contributed by atoms with Crippen LogP contribution in [0.3, 0.4) is 0 Å². The number of amides is 1. The second-order valence-corrected chi connectivity index (χ2v) is 9.91. The van der Waals surface area contributed by atoms with Gasteiger partial charge in [-0.25, -0.2) is 9.37 Å². The SMILES string of the molecule is O=C(CCCSc1nnc2c3ccccc3n(Cc3ccc(F)cc3)c2n1)NCCN1CCCC1. The molecule has 0 atom stereocenters. The highest BCUT2D eigenvalue weighted by molar-refractivity contribution is 7.99. The molecule has 0 saturated carbocycles. The molecule has 1 amide bonds. The lowest BCUT2D eigenvalue weighted by Gasteiger charge is -2.14. The number of benzene rings is 2. The summed E-state index contributed by atoms with van der Waals surface area (Å²) in [6, 6.07) is 14.5. The zero-order valence-corrected chi connectivity index (χ0v) is 20.4. The highest BCUT2D eigenvalue weighted by Crippen LogP contribution is 2.28. The first-order valence-electron chi connectivity index (χ1n) is 12.2. The number of nitrogens with zero attached hydrogens (tertiary/aromatic N) is 5. The summed E-state index contributed by atoms with van der Waals surface area (Å²) in [5, 5.41) is 13.4. The predicted octanol–water partition coefficient (Wildman–Crippen LogP) is 4.25. The van der Waals surface area contributed by atoms with Crippen molar-refractivity contribution in [3.8, 4) is 0 Å². The third-order valence-electron chi connectivity index (χ3n) is 6.34. The highest BCUT2D eigenvalue weighted by Gasteiger charge is 2.15. The molecule has 2 aromatic carbocycles. The Morgan fingerprint density at radius 3 is 2.69 bits per heavy atom. The number of likely N-dealkylation sites (tertiary alicyclic amines) is 1. The number of hydrogen-bond acceptors (Lipinski definition) is 6. The molecule has 4 aromatic rings. The number of carbonyl (C=O) groups excluding carboxylic acids is 1. The molecule has 2 aromatic heterocycles. The van der Waals surface area contributed by atoms with E-state index in [-0.39, 0.29) is 11.7 Å². The third-order valence-corrected chi connectivity index (χ3v) is 7.26. The maximum atomic E-state index is 13.4. The van der Waals surface area contributed by atoms with E-state index in [2.05, 4.69) is 25.0 Å². The van der Waals surface area contributed by atoms with Crippen LogP contribution in [0.2, 0.25) is 0 Å². The maximum Gasteiger partial charge on any atom is 0.220 e. The van der Waals surface area contributed by atoms with Crippen molar-refractivity contribution in [2.24, 2.45) is 0 Å². The molecular formula is C26H29FN6OS. The number of hydrogen-bond donors (Lipinski definition) is 1. The van der Waals surface area contributed by atoms with E-state index in [1.54, 1.807) is 12.1 Å². The molecule has 1 N–H and O–H groups in total. The molecule has 1 aliphatic rings. The minimum absolute atomic E-state index is 0.0960. The van der Waals surface area contributed by atoms with Crippen molar-refractivity contribution in [3.05, 3.63) is 59.9 Å². The Kier molecular flexibility index (Phi) is 7.54. The van der Waals surface area contributed by atoms with Gasteiger partial charge in [-0.3, -0.25) is 4.79 Å². The number of fused-ring (bicyclic) bond motifs is 3.